The van der Waals surface area contributed by atoms with Crippen molar-refractivity contribution in [2.24, 2.45) is 0 Å². The third-order valence-electron chi connectivity index (χ3n) is 1.89. The minimum absolute atomic E-state index is 0.0457. The summed E-state index contributed by atoms with van der Waals surface area (Å²) < 4.78 is 4.83. The van der Waals surface area contributed by atoms with Gasteiger partial charge in [-0.25, -0.2) is 0 Å². The molecule has 5 heteroatoms. The van der Waals surface area contributed by atoms with Gasteiger partial charge in [0, 0.05) is 5.56 Å². The van der Waals surface area contributed by atoms with Crippen molar-refractivity contribution in [3.05, 3.63) is 55.6 Å². The Balaban J connectivity index is 2.75. The van der Waals surface area contributed by atoms with Crippen LogP contribution in [0.2, 0.25) is 0 Å². The molecule has 2 heterocycles. The summed E-state index contributed by atoms with van der Waals surface area (Å²) in [5, 5.41) is 0.221. The Morgan fingerprint density at radius 2 is 2.07 bits per heavy atom. The van der Waals surface area contributed by atoms with Gasteiger partial charge in [0.05, 0.1) is 17.9 Å². The molecule has 0 aromatic carbocycles. The quantitative estimate of drug-likeness (QED) is 0.618. The number of H-pyrrole nitrogens is 2. The van der Waals surface area contributed by atoms with Crippen LogP contribution in [0.25, 0.3) is 12.7 Å². The van der Waals surface area contributed by atoms with Crippen molar-refractivity contribution < 1.29 is 4.42 Å². The molecule has 0 fully saturated rings. The Bertz CT molecular complexity index is 677. The highest BCUT2D eigenvalue weighted by Gasteiger charge is 1.94. The zero-order valence-corrected chi connectivity index (χ0v) is 7.74. The Labute approximate surface area is 83.4 Å². The molecule has 2 aromatic heterocycles. The van der Waals surface area contributed by atoms with Gasteiger partial charge in [-0.3, -0.25) is 9.59 Å². The van der Waals surface area contributed by atoms with E-state index >= 15 is 0 Å². The number of hydrogen-bond acceptors (Lipinski definition) is 3. The maximum atomic E-state index is 11.4. The lowest BCUT2D eigenvalue weighted by atomic mass is 10.3. The number of rotatable bonds is 1. The van der Waals surface area contributed by atoms with E-state index in [-0.39, 0.29) is 16.3 Å². The highest BCUT2D eigenvalue weighted by Crippen LogP contribution is 1.98. The van der Waals surface area contributed by atoms with Crippen molar-refractivity contribution in [1.29, 1.82) is 0 Å². The van der Waals surface area contributed by atoms with Crippen LogP contribution in [-0.2, 0) is 0 Å². The van der Waals surface area contributed by atoms with Crippen LogP contribution in [-0.4, -0.2) is 9.97 Å². The molecule has 0 aliphatic carbocycles. The first-order valence-electron chi connectivity index (χ1n) is 4.22. The van der Waals surface area contributed by atoms with Crippen LogP contribution >= 0.6 is 0 Å². The molecule has 0 unspecified atom stereocenters. The Kier molecular flexibility index (Phi) is 2.13. The van der Waals surface area contributed by atoms with Crippen molar-refractivity contribution in [2.75, 3.05) is 0 Å². The van der Waals surface area contributed by atoms with Gasteiger partial charge < -0.3 is 14.4 Å². The molecule has 0 radical (unpaired) electrons. The largest absolute Gasteiger partial charge is 0.472 e. The molecule has 76 valence electrons. The second kappa shape index (κ2) is 3.45. The van der Waals surface area contributed by atoms with Gasteiger partial charge in [-0.2, -0.15) is 0 Å². The van der Waals surface area contributed by atoms with E-state index in [1.165, 1.54) is 18.6 Å². The molecular formula is C10H8N2O3. The van der Waals surface area contributed by atoms with Gasteiger partial charge in [0.1, 0.15) is 5.35 Å². The fourth-order valence-electron chi connectivity index (χ4n) is 1.14. The smallest absolute Gasteiger partial charge is 0.272 e. The summed E-state index contributed by atoms with van der Waals surface area (Å²) >= 11 is 0. The van der Waals surface area contributed by atoms with Gasteiger partial charge in [0.25, 0.3) is 11.1 Å². The predicted molar refractivity (Wildman–Crippen MR) is 54.7 cm³/mol. The minimum atomic E-state index is -0.413. The van der Waals surface area contributed by atoms with Crippen LogP contribution < -0.4 is 21.8 Å². The number of aromatic amines is 2. The van der Waals surface area contributed by atoms with E-state index in [0.717, 1.165) is 0 Å². The molecule has 0 saturated heterocycles. The van der Waals surface area contributed by atoms with E-state index in [0.29, 0.717) is 5.56 Å². The molecule has 0 aliphatic heterocycles. The average molecular weight is 204 g/mol. The van der Waals surface area contributed by atoms with Crippen molar-refractivity contribution in [3.8, 4) is 0 Å². The van der Waals surface area contributed by atoms with Gasteiger partial charge >= 0.3 is 0 Å². The topological polar surface area (TPSA) is 78.9 Å². The molecule has 0 bridgehead atoms. The minimum Gasteiger partial charge on any atom is -0.472 e. The summed E-state index contributed by atoms with van der Waals surface area (Å²) in [7, 11) is 0. The highest BCUT2D eigenvalue weighted by molar-refractivity contribution is 5.45. The molecular weight excluding hydrogens is 196 g/mol. The van der Waals surface area contributed by atoms with E-state index in [4.69, 9.17) is 4.42 Å². The lowest BCUT2D eigenvalue weighted by Crippen LogP contribution is -2.46. The summed E-state index contributed by atoms with van der Waals surface area (Å²) in [6.07, 6.45) is 4.47. The van der Waals surface area contributed by atoms with Crippen molar-refractivity contribution in [3.63, 3.8) is 0 Å². The van der Waals surface area contributed by atoms with Gasteiger partial charge in [-0.1, -0.05) is 6.58 Å². The molecule has 0 atom stereocenters. The van der Waals surface area contributed by atoms with Crippen LogP contribution in [0.3, 0.4) is 0 Å². The van der Waals surface area contributed by atoms with E-state index in [1.807, 2.05) is 0 Å². The van der Waals surface area contributed by atoms with Crippen LogP contribution in [0.5, 0.6) is 0 Å². The van der Waals surface area contributed by atoms with Gasteiger partial charge in [-0.05, 0) is 12.1 Å². The lowest BCUT2D eigenvalue weighted by Gasteiger charge is -1.87. The molecule has 15 heavy (non-hydrogen) atoms. The van der Waals surface area contributed by atoms with Crippen LogP contribution in [0, 0.1) is 0 Å². The first-order valence-corrected chi connectivity index (χ1v) is 4.22. The number of aromatic nitrogens is 2. The van der Waals surface area contributed by atoms with Gasteiger partial charge in [0.2, 0.25) is 0 Å². The van der Waals surface area contributed by atoms with Crippen molar-refractivity contribution >= 4 is 12.7 Å². The monoisotopic (exact) mass is 204 g/mol. The zero-order chi connectivity index (χ0) is 10.8. The molecule has 2 N–H and O–H groups in total. The summed E-state index contributed by atoms with van der Waals surface area (Å²) in [6.45, 7) is 3.39. The summed E-state index contributed by atoms with van der Waals surface area (Å²) in [5.74, 6) is 0. The summed E-state index contributed by atoms with van der Waals surface area (Å²) in [6, 6.07) is 1.68. The fraction of sp³-hybridized carbons (Fsp3) is 0. The molecule has 5 nitrogen and oxygen atoms in total. The maximum Gasteiger partial charge on any atom is 0.272 e. The number of hydrogen-bond donors (Lipinski definition) is 2. The summed E-state index contributed by atoms with van der Waals surface area (Å²) in [5.41, 5.74) is -0.0990. The van der Waals surface area contributed by atoms with Gasteiger partial charge in [-0.15, -0.1) is 0 Å². The lowest BCUT2D eigenvalue weighted by molar-refractivity contribution is 0.567. The fourth-order valence-corrected chi connectivity index (χ4v) is 1.14. The van der Waals surface area contributed by atoms with Crippen LogP contribution in [0.1, 0.15) is 5.56 Å². The zero-order valence-electron chi connectivity index (χ0n) is 7.74. The first kappa shape index (κ1) is 9.26. The third kappa shape index (κ3) is 1.80. The molecule has 0 spiro atoms. The van der Waals surface area contributed by atoms with E-state index in [2.05, 4.69) is 16.5 Å². The standard InChI is InChI=1S/C10H8N2O3/c1-6-9(13)12-8(10(14)11-6)4-7-2-3-15-5-7/h2-5H,1H2,(H,11,14)(H,12,13)/b8-4-. The van der Waals surface area contributed by atoms with Crippen LogP contribution in [0.4, 0.5) is 0 Å². The van der Waals surface area contributed by atoms with Crippen molar-refractivity contribution in [1.82, 2.24) is 9.97 Å². The predicted octanol–water partition coefficient (Wildman–Crippen LogP) is -1.10. The summed E-state index contributed by atoms with van der Waals surface area (Å²) in [4.78, 5) is 27.4. The number of nitrogens with one attached hydrogen (secondary N) is 2. The molecule has 0 aliphatic rings. The molecule has 0 saturated carbocycles. The highest BCUT2D eigenvalue weighted by atomic mass is 16.3. The van der Waals surface area contributed by atoms with E-state index in [9.17, 15) is 9.59 Å². The molecule has 2 aromatic rings. The third-order valence-corrected chi connectivity index (χ3v) is 1.89. The first-order chi connectivity index (χ1) is 7.16. The van der Waals surface area contributed by atoms with E-state index < -0.39 is 5.56 Å². The SMILES string of the molecule is C=c1[nH]c(=O)/c(=C/c2ccoc2)[nH]c1=O. The Morgan fingerprint density at radius 3 is 2.73 bits per heavy atom. The normalized spacial score (nSPS) is 11.9. The van der Waals surface area contributed by atoms with Gasteiger partial charge in [0.15, 0.2) is 0 Å². The average Bonchev–Trinajstić information content (AvgIpc) is 2.67. The second-order valence-corrected chi connectivity index (χ2v) is 3.00. The molecule has 0 amide bonds. The maximum absolute atomic E-state index is 11.4. The Morgan fingerprint density at radius 1 is 1.27 bits per heavy atom. The van der Waals surface area contributed by atoms with E-state index in [1.54, 1.807) is 6.07 Å². The number of furan rings is 1. The van der Waals surface area contributed by atoms with Crippen molar-refractivity contribution in [2.45, 2.75) is 0 Å². The Hall–Kier alpha value is -2.30. The molecule has 2 rings (SSSR count). The second-order valence-electron chi connectivity index (χ2n) is 3.00. The van der Waals surface area contributed by atoms with Crippen LogP contribution in [0.15, 0.2) is 32.6 Å².